The van der Waals surface area contributed by atoms with Crippen LogP contribution in [0.25, 0.3) is 0 Å². The average Bonchev–Trinajstić information content (AvgIpc) is 1.50. The Kier molecular flexibility index (Phi) is 37.9. The summed E-state index contributed by atoms with van der Waals surface area (Å²) in [5.41, 5.74) is 16.3. The number of rotatable bonds is 51. The number of primary amides is 1. The first-order chi connectivity index (χ1) is 55.0. The molecule has 2 aliphatic rings. The van der Waals surface area contributed by atoms with Crippen molar-refractivity contribution < 1.29 is 107 Å². The van der Waals surface area contributed by atoms with Gasteiger partial charge >= 0.3 is 17.9 Å². The molecule has 1 spiro atoms. The molecule has 116 heavy (non-hydrogen) atoms. The standard InChI is InChI=1S/C75H107N19O22/c1-40(95)87-53(19-13-35-85-73(77)78)68(110)92-52(16-6-10-33-83-66(108)57(89-42(3)97)27-29-61(101)102)65(107)82-32-11-7-17-55(94-71(113)56(93-69(111)54(88-41(2)96)20-14-36-86-74(79)80)18-8-12-34-84-67(109)58(90-43(4)98)28-30-62(103)104)70(112)91-51(63(76)105)15-5-9-31-81-64(106)44-21-24-48-47(37-44)72(114)116-75(48)49-25-22-45(99)38-59(49)115-60-39-46(100)23-26-50(60)75/h21-26,37-39,51-58,99-100H,5-20,27-36H2,1-4H3,(H2,76,105)(H,81,106)(H,82,107)(H,83,108)(H,84,109)(H,87,95)(H,88,96)(H,89,97)(H,90,98)(H,91,112)(H,92,110)(H,93,111)(H,94,113)(H,101,102)(H,103,104)(H4,77,78,85)(H4,79,80,86)/t51?,52-,53-,54-,55-,56-,57-,58-/m0/s1. The lowest BCUT2D eigenvalue weighted by molar-refractivity contribution is -0.138. The number of benzene rings is 3. The smallest absolute Gasteiger partial charge is 0.340 e. The number of esters is 1. The molecule has 1 unspecified atom stereocenters. The molecule has 5 rings (SSSR count). The van der Waals surface area contributed by atoms with Gasteiger partial charge in [-0.15, -0.1) is 0 Å². The highest BCUT2D eigenvalue weighted by molar-refractivity contribution is 6.02. The molecule has 41 nitrogen and oxygen atoms in total. The number of carbonyl (C=O) groups is 16. The summed E-state index contributed by atoms with van der Waals surface area (Å²) in [5.74, 6) is -13.5. The monoisotopic (exact) mass is 1630 g/mol. The van der Waals surface area contributed by atoms with Crippen molar-refractivity contribution in [3.63, 3.8) is 0 Å². The van der Waals surface area contributed by atoms with Crippen molar-refractivity contribution in [2.75, 3.05) is 39.3 Å². The van der Waals surface area contributed by atoms with Crippen molar-refractivity contribution in [2.24, 2.45) is 17.2 Å². The number of hydrogen-bond acceptors (Lipinski definition) is 22. The number of carboxylic acid groups (broad SMARTS) is 2. The van der Waals surface area contributed by atoms with E-state index in [1.165, 1.54) is 55.5 Å². The van der Waals surface area contributed by atoms with Crippen LogP contribution in [0, 0.1) is 10.8 Å². The van der Waals surface area contributed by atoms with Gasteiger partial charge in [0.05, 0.1) is 5.56 Å². The lowest BCUT2D eigenvalue weighted by Gasteiger charge is -2.36. The van der Waals surface area contributed by atoms with Crippen molar-refractivity contribution in [2.45, 2.75) is 210 Å². The number of guanidine groups is 2. The Morgan fingerprint density at radius 1 is 0.379 bits per heavy atom. The van der Waals surface area contributed by atoms with Gasteiger partial charge in [0.2, 0.25) is 70.9 Å². The minimum Gasteiger partial charge on any atom is -0.508 e. The summed E-state index contributed by atoms with van der Waals surface area (Å²) < 4.78 is 12.2. The molecule has 0 aromatic heterocycles. The van der Waals surface area contributed by atoms with Crippen LogP contribution in [-0.4, -0.2) is 215 Å². The minimum atomic E-state index is -1.59. The number of aromatic hydroxyl groups is 2. The summed E-state index contributed by atoms with van der Waals surface area (Å²) >= 11 is 0. The maximum absolute atomic E-state index is 14.8. The molecule has 0 saturated heterocycles. The third-order valence-corrected chi connectivity index (χ3v) is 18.5. The lowest BCUT2D eigenvalue weighted by Crippen LogP contribution is -2.58. The molecule has 8 atom stereocenters. The quantitative estimate of drug-likeness (QED) is 0.0127. The van der Waals surface area contributed by atoms with Gasteiger partial charge in [0.1, 0.15) is 71.3 Å². The molecule has 26 N–H and O–H groups in total. The van der Waals surface area contributed by atoms with E-state index in [9.17, 15) is 97.1 Å². The van der Waals surface area contributed by atoms with Crippen LogP contribution in [-0.2, 0) is 77.5 Å². The number of phenolic OH excluding ortho intramolecular Hbond substituents is 2. The van der Waals surface area contributed by atoms with Crippen LogP contribution in [0.3, 0.4) is 0 Å². The Morgan fingerprint density at radius 2 is 0.690 bits per heavy atom. The summed E-state index contributed by atoms with van der Waals surface area (Å²) in [6.45, 7) is 4.68. The number of nitrogens with two attached hydrogens (primary N) is 3. The van der Waals surface area contributed by atoms with Crippen LogP contribution in [0.1, 0.15) is 194 Å². The number of fused-ring (bicyclic) bond motifs is 6. The molecule has 3 aromatic carbocycles. The maximum atomic E-state index is 14.8. The van der Waals surface area contributed by atoms with Crippen LogP contribution in [0.15, 0.2) is 54.6 Å². The zero-order chi connectivity index (χ0) is 85.8. The Hall–Kier alpha value is -12.9. The summed E-state index contributed by atoms with van der Waals surface area (Å²) in [5, 5.41) is 90.6. The number of amides is 13. The number of carbonyl (C=O) groups excluding carboxylic acids is 14. The van der Waals surface area contributed by atoms with Crippen molar-refractivity contribution >= 4 is 107 Å². The molecule has 0 aliphatic carbocycles. The lowest BCUT2D eigenvalue weighted by atomic mass is 9.77. The number of unbranched alkanes of at least 4 members (excludes halogenated alkanes) is 4. The van der Waals surface area contributed by atoms with E-state index in [-0.39, 0.29) is 201 Å². The Labute approximate surface area is 667 Å². The van der Waals surface area contributed by atoms with Gasteiger partial charge in [-0.2, -0.15) is 0 Å². The van der Waals surface area contributed by atoms with Gasteiger partial charge < -0.3 is 122 Å². The van der Waals surface area contributed by atoms with Crippen LogP contribution in [0.5, 0.6) is 23.0 Å². The SMILES string of the molecule is CC(=O)N[C@@H](CCC(=O)O)C(=O)NCCCC[C@H](NC(=O)[C@H](CCCNC(=N)N)NC(C)=O)C(=O)NCCCC[C@H](NC(=O)[C@H](CCCCNC(=O)[C@H](CCC(=O)O)NC(C)=O)NC(=O)[C@H](CCCNC(=N)N)NC(C)=O)C(=O)NC(CCCCNC(=O)c1ccc2c(c1)C(=O)OC21c2ccc(O)cc2Oc2cc(O)ccc21)C(N)=O. The van der Waals surface area contributed by atoms with E-state index >= 15 is 0 Å². The summed E-state index contributed by atoms with van der Waals surface area (Å²) in [4.78, 5) is 210. The molecular weight excluding hydrogens is 1520 g/mol. The van der Waals surface area contributed by atoms with Crippen LogP contribution < -0.4 is 96.4 Å². The van der Waals surface area contributed by atoms with Crippen molar-refractivity contribution in [1.82, 2.24) is 74.4 Å². The van der Waals surface area contributed by atoms with Gasteiger partial charge in [-0.1, -0.05) is 6.07 Å². The third kappa shape index (κ3) is 30.9. The highest BCUT2D eigenvalue weighted by atomic mass is 16.6. The summed E-state index contributed by atoms with van der Waals surface area (Å²) in [6, 6.07) is 2.36. The van der Waals surface area contributed by atoms with Crippen LogP contribution in [0.2, 0.25) is 0 Å². The van der Waals surface area contributed by atoms with Gasteiger partial charge in [-0.25, -0.2) is 4.79 Å². The second-order valence-corrected chi connectivity index (χ2v) is 27.9. The van der Waals surface area contributed by atoms with Crippen molar-refractivity contribution in [3.8, 4) is 23.0 Å². The Balaban J connectivity index is 1.37. The number of aliphatic carboxylic acids is 2. The molecule has 0 radical (unpaired) electrons. The largest absolute Gasteiger partial charge is 0.508 e. The average molecular weight is 1630 g/mol. The molecule has 3 aromatic rings. The topological polar surface area (TPSA) is 667 Å². The molecule has 0 fully saturated rings. The Morgan fingerprint density at radius 3 is 1.04 bits per heavy atom. The molecular formula is C75H107N19O22. The first-order valence-corrected chi connectivity index (χ1v) is 38.0. The molecule has 634 valence electrons. The van der Waals surface area contributed by atoms with Crippen molar-refractivity contribution in [1.29, 1.82) is 10.8 Å². The minimum absolute atomic E-state index is 0.00126. The van der Waals surface area contributed by atoms with Gasteiger partial charge in [0, 0.05) is 114 Å². The van der Waals surface area contributed by atoms with E-state index in [1.807, 2.05) is 0 Å². The summed E-state index contributed by atoms with van der Waals surface area (Å²) in [7, 11) is 0. The van der Waals surface area contributed by atoms with E-state index in [2.05, 4.69) is 74.4 Å². The zero-order valence-corrected chi connectivity index (χ0v) is 65.1. The molecule has 2 heterocycles. The number of ether oxygens (including phenoxy) is 2. The fourth-order valence-corrected chi connectivity index (χ4v) is 12.9. The van der Waals surface area contributed by atoms with E-state index in [1.54, 1.807) is 6.07 Å². The van der Waals surface area contributed by atoms with Gasteiger partial charge in [0.15, 0.2) is 17.5 Å². The fourth-order valence-electron chi connectivity index (χ4n) is 12.9. The number of hydrogen-bond donors (Lipinski definition) is 23. The molecule has 0 bridgehead atoms. The zero-order valence-electron chi connectivity index (χ0n) is 65.1. The molecule has 0 saturated carbocycles. The normalized spacial score (nSPS) is 14.0. The van der Waals surface area contributed by atoms with E-state index in [0.717, 1.165) is 20.8 Å². The van der Waals surface area contributed by atoms with E-state index < -0.39 is 161 Å². The first kappa shape index (κ1) is 93.7. The van der Waals surface area contributed by atoms with Gasteiger partial charge in [0.25, 0.3) is 5.91 Å². The second-order valence-electron chi connectivity index (χ2n) is 27.9. The van der Waals surface area contributed by atoms with Crippen molar-refractivity contribution in [3.05, 3.63) is 82.4 Å². The third-order valence-electron chi connectivity index (χ3n) is 18.5. The van der Waals surface area contributed by atoms with E-state index in [4.69, 9.17) is 37.5 Å². The number of nitrogens with one attached hydrogen (secondary N) is 16. The second kappa shape index (κ2) is 47.0. The van der Waals surface area contributed by atoms with Crippen LogP contribution >= 0.6 is 0 Å². The Bertz CT molecular complexity index is 4030. The maximum Gasteiger partial charge on any atom is 0.340 e. The predicted octanol–water partition coefficient (Wildman–Crippen LogP) is -1.88. The predicted molar refractivity (Wildman–Crippen MR) is 414 cm³/mol. The molecule has 41 heteroatoms. The van der Waals surface area contributed by atoms with E-state index in [0.29, 0.717) is 16.7 Å². The molecule has 13 amide bonds. The number of carboxylic acids is 2. The summed E-state index contributed by atoms with van der Waals surface area (Å²) in [6.07, 6.45) is -0.483. The van der Waals surface area contributed by atoms with Gasteiger partial charge in [-0.3, -0.25) is 82.7 Å². The highest BCUT2D eigenvalue weighted by Gasteiger charge is 2.54. The fraction of sp³-hybridized carbons (Fsp3) is 0.520. The highest BCUT2D eigenvalue weighted by Crippen LogP contribution is 2.57. The number of phenols is 2. The molecule has 2 aliphatic heterocycles. The van der Waals surface area contributed by atoms with Crippen LogP contribution in [0.4, 0.5) is 0 Å². The van der Waals surface area contributed by atoms with Gasteiger partial charge in [-0.05, 0) is 152 Å². The first-order valence-electron chi connectivity index (χ1n) is 38.0.